The van der Waals surface area contributed by atoms with Gasteiger partial charge in [-0.2, -0.15) is 10.4 Å². The molecule has 1 unspecified atom stereocenters. The smallest absolute Gasteiger partial charge is 0.251 e. The zero-order chi connectivity index (χ0) is 24.2. The maximum Gasteiger partial charge on any atom is 0.251 e. The number of dihydropyridines is 1. The van der Waals surface area contributed by atoms with Gasteiger partial charge in [0.25, 0.3) is 5.91 Å². The van der Waals surface area contributed by atoms with Crippen molar-refractivity contribution in [2.24, 2.45) is 0 Å². The van der Waals surface area contributed by atoms with Gasteiger partial charge in [0.05, 0.1) is 11.2 Å². The van der Waals surface area contributed by atoms with Gasteiger partial charge in [0, 0.05) is 40.7 Å². The van der Waals surface area contributed by atoms with Crippen LogP contribution in [0.15, 0.2) is 71.7 Å². The van der Waals surface area contributed by atoms with Crippen molar-refractivity contribution in [2.75, 3.05) is 6.54 Å². The summed E-state index contributed by atoms with van der Waals surface area (Å²) in [5.74, 6) is 0.307. The van der Waals surface area contributed by atoms with Crippen molar-refractivity contribution in [3.8, 4) is 28.7 Å². The van der Waals surface area contributed by atoms with Crippen LogP contribution in [0.5, 0.6) is 11.5 Å². The van der Waals surface area contributed by atoms with E-state index in [4.69, 9.17) is 16.3 Å². The Morgan fingerprint density at radius 2 is 2.12 bits per heavy atom. The van der Waals surface area contributed by atoms with E-state index in [1.54, 1.807) is 42.7 Å². The number of aliphatic hydroxyl groups excluding tert-OH is 1. The molecule has 3 aromatic rings. The summed E-state index contributed by atoms with van der Waals surface area (Å²) >= 11 is 6.40. The number of nitrogens with one attached hydrogen (secondary N) is 3. The third-order valence-electron chi connectivity index (χ3n) is 5.43. The number of H-pyrrole nitrogens is 1. The van der Waals surface area contributed by atoms with Crippen molar-refractivity contribution in [2.45, 2.75) is 20.1 Å². The molecule has 1 aliphatic rings. The number of hydrogen-bond donors (Lipinski definition) is 4. The Bertz CT molecular complexity index is 1340. The number of halogens is 1. The fourth-order valence-electron chi connectivity index (χ4n) is 3.70. The largest absolute Gasteiger partial charge is 0.454 e. The summed E-state index contributed by atoms with van der Waals surface area (Å²) in [6.45, 7) is 3.93. The Kier molecular flexibility index (Phi) is 6.68. The van der Waals surface area contributed by atoms with Gasteiger partial charge in [0.2, 0.25) is 0 Å². The fraction of sp³-hybridized carbons (Fsp3) is 0.160. The minimum absolute atomic E-state index is 0.185. The predicted octanol–water partition coefficient (Wildman–Crippen LogP) is 4.27. The fourth-order valence-corrected chi connectivity index (χ4v) is 3.92. The van der Waals surface area contributed by atoms with Crippen LogP contribution in [-0.2, 0) is 0 Å². The third-order valence-corrected chi connectivity index (χ3v) is 5.73. The first-order chi connectivity index (χ1) is 16.4. The molecule has 1 atom stereocenters. The molecule has 1 aromatic heterocycles. The number of ether oxygens (including phenoxy) is 1. The van der Waals surface area contributed by atoms with Crippen LogP contribution in [0, 0.1) is 11.3 Å². The first-order valence-electron chi connectivity index (χ1n) is 10.5. The summed E-state index contributed by atoms with van der Waals surface area (Å²) in [6.07, 6.45) is 4.38. The molecule has 0 radical (unpaired) electrons. The van der Waals surface area contributed by atoms with E-state index in [0.29, 0.717) is 33.8 Å². The molecule has 34 heavy (non-hydrogen) atoms. The predicted molar refractivity (Wildman–Crippen MR) is 128 cm³/mol. The quantitative estimate of drug-likeness (QED) is 0.422. The molecule has 0 aliphatic carbocycles. The van der Waals surface area contributed by atoms with Gasteiger partial charge in [-0.1, -0.05) is 23.7 Å². The van der Waals surface area contributed by atoms with Crippen LogP contribution in [0.2, 0.25) is 5.02 Å². The third kappa shape index (κ3) is 4.81. The minimum atomic E-state index is -0.850. The molecule has 172 valence electrons. The second kappa shape index (κ2) is 9.83. The summed E-state index contributed by atoms with van der Waals surface area (Å²) < 4.78 is 5.93. The average molecular weight is 476 g/mol. The second-order valence-corrected chi connectivity index (χ2v) is 8.20. The number of carbonyl (C=O) groups excluding carboxylic acids is 1. The van der Waals surface area contributed by atoms with Gasteiger partial charge < -0.3 is 20.5 Å². The summed E-state index contributed by atoms with van der Waals surface area (Å²) in [5, 5.41) is 32.5. The zero-order valence-corrected chi connectivity index (χ0v) is 19.3. The van der Waals surface area contributed by atoms with Crippen LogP contribution < -0.4 is 15.4 Å². The van der Waals surface area contributed by atoms with E-state index >= 15 is 0 Å². The molecule has 0 spiro atoms. The Morgan fingerprint density at radius 1 is 1.29 bits per heavy atom. The number of nitrogens with zero attached hydrogens (tertiary/aromatic N) is 2. The molecule has 8 nitrogen and oxygen atoms in total. The number of benzene rings is 2. The molecular formula is C25H22ClN5O3. The Labute approximate surface area is 201 Å². The maximum atomic E-state index is 12.7. The molecule has 0 fully saturated rings. The lowest BCUT2D eigenvalue weighted by atomic mass is 10.0. The van der Waals surface area contributed by atoms with E-state index < -0.39 is 6.23 Å². The minimum Gasteiger partial charge on any atom is -0.454 e. The molecular weight excluding hydrogens is 454 g/mol. The highest BCUT2D eigenvalue weighted by Gasteiger charge is 2.19. The van der Waals surface area contributed by atoms with Gasteiger partial charge in [-0.3, -0.25) is 9.89 Å². The number of allylic oxidation sites excluding steroid dienone is 3. The van der Waals surface area contributed by atoms with Crippen LogP contribution in [0.1, 0.15) is 29.8 Å². The molecule has 1 aliphatic heterocycles. The number of aliphatic hydroxyl groups is 1. The van der Waals surface area contributed by atoms with Gasteiger partial charge in [0.1, 0.15) is 29.4 Å². The highest BCUT2D eigenvalue weighted by atomic mass is 35.5. The summed E-state index contributed by atoms with van der Waals surface area (Å²) in [7, 11) is 0. The van der Waals surface area contributed by atoms with Crippen LogP contribution in [0.3, 0.4) is 0 Å². The molecule has 2 heterocycles. The molecule has 0 saturated carbocycles. The first-order valence-corrected chi connectivity index (χ1v) is 10.9. The average Bonchev–Trinajstić information content (AvgIpc) is 3.34. The van der Waals surface area contributed by atoms with Gasteiger partial charge >= 0.3 is 0 Å². The van der Waals surface area contributed by atoms with E-state index in [9.17, 15) is 15.2 Å². The van der Waals surface area contributed by atoms with Crippen LogP contribution in [0.25, 0.3) is 11.1 Å². The lowest BCUT2D eigenvalue weighted by Gasteiger charge is -2.24. The van der Waals surface area contributed by atoms with Gasteiger partial charge in [-0.25, -0.2) is 0 Å². The topological polar surface area (TPSA) is 123 Å². The summed E-state index contributed by atoms with van der Waals surface area (Å²) in [4.78, 5) is 12.7. The van der Waals surface area contributed by atoms with Gasteiger partial charge in [-0.05, 0) is 49.8 Å². The highest BCUT2D eigenvalue weighted by molar-refractivity contribution is 6.32. The van der Waals surface area contributed by atoms with E-state index in [1.165, 1.54) is 6.07 Å². The van der Waals surface area contributed by atoms with E-state index in [1.807, 2.05) is 19.9 Å². The highest BCUT2D eigenvalue weighted by Crippen LogP contribution is 2.35. The lowest BCUT2D eigenvalue weighted by Crippen LogP contribution is -2.38. The van der Waals surface area contributed by atoms with Crippen molar-refractivity contribution >= 4 is 17.5 Å². The van der Waals surface area contributed by atoms with Crippen molar-refractivity contribution in [3.63, 3.8) is 0 Å². The van der Waals surface area contributed by atoms with E-state index in [2.05, 4.69) is 26.9 Å². The number of aromatic amines is 1. The number of hydrogen-bond acceptors (Lipinski definition) is 6. The first kappa shape index (κ1) is 23.1. The van der Waals surface area contributed by atoms with Crippen molar-refractivity contribution in [3.05, 3.63) is 87.9 Å². The number of aromatic nitrogens is 2. The summed E-state index contributed by atoms with van der Waals surface area (Å²) in [6, 6.07) is 12.1. The zero-order valence-electron chi connectivity index (χ0n) is 18.5. The van der Waals surface area contributed by atoms with Crippen LogP contribution >= 0.6 is 11.6 Å². The van der Waals surface area contributed by atoms with Crippen molar-refractivity contribution in [1.82, 2.24) is 20.8 Å². The Hall–Kier alpha value is -4.06. The van der Waals surface area contributed by atoms with E-state index in [-0.39, 0.29) is 17.5 Å². The van der Waals surface area contributed by atoms with Crippen molar-refractivity contribution < 1.29 is 14.6 Å². The molecule has 1 amide bonds. The normalized spacial score (nSPS) is 15.3. The van der Waals surface area contributed by atoms with Crippen LogP contribution in [0.4, 0.5) is 0 Å². The number of rotatable bonds is 6. The second-order valence-electron chi connectivity index (χ2n) is 7.79. The van der Waals surface area contributed by atoms with Gasteiger partial charge in [-0.15, -0.1) is 0 Å². The Morgan fingerprint density at radius 3 is 2.79 bits per heavy atom. The molecule has 2 aromatic carbocycles. The van der Waals surface area contributed by atoms with E-state index in [0.717, 1.165) is 16.8 Å². The van der Waals surface area contributed by atoms with Crippen molar-refractivity contribution in [1.29, 1.82) is 5.26 Å². The molecule has 4 rings (SSSR count). The molecule has 4 N–H and O–H groups in total. The number of amides is 1. The molecule has 0 saturated heterocycles. The monoisotopic (exact) mass is 475 g/mol. The lowest BCUT2D eigenvalue weighted by molar-refractivity contribution is 0.0952. The standard InChI is InChI=1S/C25H22ClN5O3/c1-14-8-15(2)31-25(33)20(14)13-28-24(32)16-6-7-23(21(26)9-16)34-22-5-3-4-18(19(22)10-27)17-11-29-30-12-17/h3-9,11-12,25,31,33H,13H2,1-2H3,(H,28,32)(H,29,30). The summed E-state index contributed by atoms with van der Waals surface area (Å²) in [5.41, 5.74) is 4.56. The van der Waals surface area contributed by atoms with Crippen LogP contribution in [-0.4, -0.2) is 34.0 Å². The molecule has 0 bridgehead atoms. The van der Waals surface area contributed by atoms with Gasteiger partial charge in [0.15, 0.2) is 0 Å². The molecule has 9 heteroatoms. The maximum absolute atomic E-state index is 12.7. The Balaban J connectivity index is 1.50. The number of nitriles is 1. The SMILES string of the molecule is CC1=CC(C)=C(CNC(=O)c2ccc(Oc3cccc(-c4cn[nH]c4)c3C#N)c(Cl)c2)C(O)N1. The number of carbonyl (C=O) groups is 1.